The summed E-state index contributed by atoms with van der Waals surface area (Å²) in [7, 11) is 0. The molecule has 0 saturated carbocycles. The Bertz CT molecular complexity index is 953. The standard InChI is InChI=1S/C32H35N4.Ti/c1-5-13-25(14-6-1)29-21-34-31(27-17-9-3-10-18-27)23-36-32(28-19-11-4-12-20-28)24-35-30(22-33-29)26-15-7-2-8-16-26;/h1-20,29-35H,21-24H2;/q-1;. The van der Waals surface area contributed by atoms with Gasteiger partial charge in [-0.25, -0.2) is 0 Å². The first-order chi connectivity index (χ1) is 17.9. The topological polar surface area (TPSA) is 50.2 Å². The molecular weight excluding hydrogens is 488 g/mol. The molecule has 4 atom stereocenters. The molecule has 0 bridgehead atoms. The van der Waals surface area contributed by atoms with E-state index < -0.39 is 0 Å². The number of benzene rings is 4. The van der Waals surface area contributed by atoms with E-state index in [1.54, 1.807) is 0 Å². The van der Waals surface area contributed by atoms with Crippen molar-refractivity contribution in [1.82, 2.24) is 16.0 Å². The van der Waals surface area contributed by atoms with Gasteiger partial charge in [0.1, 0.15) is 0 Å². The van der Waals surface area contributed by atoms with Crippen LogP contribution in [-0.2, 0) is 21.7 Å². The first kappa shape index (κ1) is 27.5. The van der Waals surface area contributed by atoms with Crippen LogP contribution in [0.25, 0.3) is 5.32 Å². The van der Waals surface area contributed by atoms with Crippen LogP contribution in [-0.4, -0.2) is 26.2 Å². The molecular formula is C32H35N4Ti-. The summed E-state index contributed by atoms with van der Waals surface area (Å²) in [6.45, 7) is 3.13. The van der Waals surface area contributed by atoms with E-state index in [2.05, 4.69) is 137 Å². The molecule has 0 radical (unpaired) electrons. The molecule has 4 unspecified atom stereocenters. The molecule has 188 valence electrons. The Labute approximate surface area is 236 Å². The molecule has 5 rings (SSSR count). The molecule has 0 aliphatic carbocycles. The van der Waals surface area contributed by atoms with Gasteiger partial charge in [0.15, 0.2) is 0 Å². The van der Waals surface area contributed by atoms with Crippen LogP contribution in [0.2, 0.25) is 0 Å². The molecule has 1 aliphatic heterocycles. The van der Waals surface area contributed by atoms with Gasteiger partial charge in [0.2, 0.25) is 0 Å². The Morgan fingerprint density at radius 1 is 0.432 bits per heavy atom. The maximum Gasteiger partial charge on any atom is 0.0447 e. The third-order valence-corrected chi connectivity index (χ3v) is 6.99. The van der Waals surface area contributed by atoms with Crippen molar-refractivity contribution in [2.75, 3.05) is 26.2 Å². The van der Waals surface area contributed by atoms with Gasteiger partial charge < -0.3 is 21.3 Å². The zero-order valence-electron chi connectivity index (χ0n) is 21.1. The fourth-order valence-corrected chi connectivity index (χ4v) is 4.93. The molecule has 0 aromatic heterocycles. The van der Waals surface area contributed by atoms with Crippen LogP contribution >= 0.6 is 0 Å². The van der Waals surface area contributed by atoms with Crippen LogP contribution < -0.4 is 16.0 Å². The summed E-state index contributed by atoms with van der Waals surface area (Å²) in [5.74, 6) is 0. The zero-order chi connectivity index (χ0) is 24.4. The number of hydrogen-bond donors (Lipinski definition) is 3. The second-order valence-electron chi connectivity index (χ2n) is 9.41. The minimum atomic E-state index is 0. The molecule has 1 fully saturated rings. The van der Waals surface area contributed by atoms with Gasteiger partial charge in [-0.3, -0.25) is 0 Å². The number of rotatable bonds is 4. The van der Waals surface area contributed by atoms with Gasteiger partial charge in [-0.2, -0.15) is 0 Å². The second-order valence-corrected chi connectivity index (χ2v) is 9.41. The van der Waals surface area contributed by atoms with E-state index in [0.29, 0.717) is 6.54 Å². The van der Waals surface area contributed by atoms with E-state index >= 15 is 0 Å². The number of hydrogen-bond acceptors (Lipinski definition) is 3. The van der Waals surface area contributed by atoms with Crippen molar-refractivity contribution in [2.45, 2.75) is 24.2 Å². The molecule has 1 heterocycles. The van der Waals surface area contributed by atoms with Crippen LogP contribution in [0.3, 0.4) is 0 Å². The average Bonchev–Trinajstić information content (AvgIpc) is 2.95. The normalized spacial score (nSPS) is 23.1. The fourth-order valence-electron chi connectivity index (χ4n) is 4.93. The van der Waals surface area contributed by atoms with E-state index in [1.807, 2.05) is 0 Å². The van der Waals surface area contributed by atoms with Crippen LogP contribution in [0.15, 0.2) is 121 Å². The van der Waals surface area contributed by atoms with Gasteiger partial charge in [0.25, 0.3) is 0 Å². The van der Waals surface area contributed by atoms with E-state index in [1.165, 1.54) is 22.3 Å². The van der Waals surface area contributed by atoms with E-state index in [0.717, 1.165) is 19.6 Å². The molecule has 1 aliphatic rings. The molecule has 1 saturated heterocycles. The SMILES string of the molecule is [Ti].c1ccc(C2CNC(c3ccccc3)CNC(c3ccccc3)CNC(c3ccccc3)C[N-]2)cc1. The minimum Gasteiger partial charge on any atom is -0.653 e. The number of nitrogens with one attached hydrogen (secondary N) is 3. The van der Waals surface area contributed by atoms with Crippen LogP contribution in [0, 0.1) is 0 Å². The first-order valence-electron chi connectivity index (χ1n) is 12.9. The number of nitrogens with zero attached hydrogens (tertiary/aromatic N) is 1. The minimum absolute atomic E-state index is 0. The maximum absolute atomic E-state index is 5.27. The Morgan fingerprint density at radius 2 is 0.784 bits per heavy atom. The molecule has 3 N–H and O–H groups in total. The van der Waals surface area contributed by atoms with Gasteiger partial charge >= 0.3 is 0 Å². The summed E-state index contributed by atoms with van der Waals surface area (Å²) in [6, 6.07) is 43.4. The molecule has 37 heavy (non-hydrogen) atoms. The molecule has 5 heteroatoms. The van der Waals surface area contributed by atoms with Crippen molar-refractivity contribution >= 4 is 0 Å². The monoisotopic (exact) mass is 523 g/mol. The molecule has 4 aromatic carbocycles. The van der Waals surface area contributed by atoms with Crippen molar-refractivity contribution in [2.24, 2.45) is 0 Å². The van der Waals surface area contributed by atoms with E-state index in [-0.39, 0.29) is 45.9 Å². The summed E-state index contributed by atoms with van der Waals surface area (Å²) in [5, 5.41) is 16.8. The summed E-state index contributed by atoms with van der Waals surface area (Å²) in [5.41, 5.74) is 5.10. The van der Waals surface area contributed by atoms with E-state index in [9.17, 15) is 0 Å². The zero-order valence-corrected chi connectivity index (χ0v) is 22.7. The molecule has 0 amide bonds. The summed E-state index contributed by atoms with van der Waals surface area (Å²) in [6.07, 6.45) is 0. The van der Waals surface area contributed by atoms with Gasteiger partial charge in [-0.15, -0.1) is 6.54 Å². The predicted molar refractivity (Wildman–Crippen MR) is 149 cm³/mol. The predicted octanol–water partition coefficient (Wildman–Crippen LogP) is 6.11. The maximum atomic E-state index is 5.27. The molecule has 4 nitrogen and oxygen atoms in total. The van der Waals surface area contributed by atoms with Crippen molar-refractivity contribution in [3.8, 4) is 0 Å². The van der Waals surface area contributed by atoms with Gasteiger partial charge in [-0.05, 0) is 23.2 Å². The third-order valence-electron chi connectivity index (χ3n) is 6.99. The smallest absolute Gasteiger partial charge is 0.0447 e. The largest absolute Gasteiger partial charge is 0.653 e. The van der Waals surface area contributed by atoms with Crippen LogP contribution in [0.1, 0.15) is 46.4 Å². The van der Waals surface area contributed by atoms with Gasteiger partial charge in [0.05, 0.1) is 0 Å². The Balaban J connectivity index is 0.00000320. The molecule has 0 spiro atoms. The Hall–Kier alpha value is -2.57. The average molecular weight is 524 g/mol. The summed E-state index contributed by atoms with van der Waals surface area (Å²) in [4.78, 5) is 0. The second kappa shape index (κ2) is 14.4. The van der Waals surface area contributed by atoms with Gasteiger partial charge in [-0.1, -0.05) is 133 Å². The van der Waals surface area contributed by atoms with Crippen LogP contribution in [0.5, 0.6) is 0 Å². The Morgan fingerprint density at radius 3 is 1.24 bits per heavy atom. The van der Waals surface area contributed by atoms with Crippen molar-refractivity contribution < 1.29 is 21.7 Å². The third kappa shape index (κ3) is 7.72. The van der Waals surface area contributed by atoms with Gasteiger partial charge in [0, 0.05) is 52.9 Å². The fraction of sp³-hybridized carbons (Fsp3) is 0.250. The quantitative estimate of drug-likeness (QED) is 0.283. The first-order valence-corrected chi connectivity index (χ1v) is 12.9. The van der Waals surface area contributed by atoms with E-state index in [4.69, 9.17) is 5.32 Å². The Kier molecular flexibility index (Phi) is 10.7. The van der Waals surface area contributed by atoms with Crippen molar-refractivity contribution in [3.63, 3.8) is 0 Å². The van der Waals surface area contributed by atoms with Crippen molar-refractivity contribution in [1.29, 1.82) is 0 Å². The molecule has 4 aromatic rings. The summed E-state index contributed by atoms with van der Waals surface area (Å²) < 4.78 is 0. The van der Waals surface area contributed by atoms with Crippen molar-refractivity contribution in [3.05, 3.63) is 149 Å². The summed E-state index contributed by atoms with van der Waals surface area (Å²) >= 11 is 0. The van der Waals surface area contributed by atoms with Crippen LogP contribution in [0.4, 0.5) is 0 Å².